The van der Waals surface area contributed by atoms with E-state index in [-0.39, 0.29) is 6.10 Å². The number of rotatable bonds is 9. The van der Waals surface area contributed by atoms with Crippen molar-refractivity contribution in [3.8, 4) is 0 Å². The highest BCUT2D eigenvalue weighted by molar-refractivity contribution is 4.57. The highest BCUT2D eigenvalue weighted by Gasteiger charge is 2.05. The number of hydrogen-bond donors (Lipinski definition) is 1. The molecule has 0 heterocycles. The molecule has 0 bridgehead atoms. The molecule has 3 heteroatoms. The van der Waals surface area contributed by atoms with Gasteiger partial charge in [0.05, 0.1) is 19.3 Å². The zero-order valence-corrected chi connectivity index (χ0v) is 10.0. The molecule has 0 amide bonds. The average Bonchev–Trinajstić information content (AvgIpc) is 2.16. The van der Waals surface area contributed by atoms with E-state index in [1.54, 1.807) is 7.11 Å². The molecule has 0 spiro atoms. The van der Waals surface area contributed by atoms with Gasteiger partial charge in [-0.2, -0.15) is 0 Å². The summed E-state index contributed by atoms with van der Waals surface area (Å²) in [5.41, 5.74) is 0. The Bertz CT molecular complexity index is 120. The molecule has 0 radical (unpaired) electrons. The molecule has 2 atom stereocenters. The van der Waals surface area contributed by atoms with E-state index < -0.39 is 0 Å². The molecule has 0 aliphatic carbocycles. The van der Waals surface area contributed by atoms with Crippen LogP contribution in [0.4, 0.5) is 0 Å². The third kappa shape index (κ3) is 8.48. The van der Waals surface area contributed by atoms with Gasteiger partial charge >= 0.3 is 0 Å². The van der Waals surface area contributed by atoms with Gasteiger partial charge in [0, 0.05) is 7.11 Å². The minimum Gasteiger partial charge on any atom is -0.382 e. The fourth-order valence-electron chi connectivity index (χ4n) is 1.20. The first-order valence-electron chi connectivity index (χ1n) is 5.51. The Morgan fingerprint density at radius 3 is 2.50 bits per heavy atom. The Morgan fingerprint density at radius 1 is 1.21 bits per heavy atom. The summed E-state index contributed by atoms with van der Waals surface area (Å²) in [5.74, 6) is 0.570. The van der Waals surface area contributed by atoms with E-state index >= 15 is 0 Å². The quantitative estimate of drug-likeness (QED) is 0.578. The van der Waals surface area contributed by atoms with Crippen LogP contribution in [0.5, 0.6) is 0 Å². The SMILES string of the molecule is CCCNCC(C)COC(C)COC. The molecule has 0 aromatic heterocycles. The molecule has 0 aromatic rings. The predicted octanol–water partition coefficient (Wildman–Crippen LogP) is 1.67. The van der Waals surface area contributed by atoms with Gasteiger partial charge in [-0.3, -0.25) is 0 Å². The molecular weight excluding hydrogens is 178 g/mol. The molecule has 0 aliphatic heterocycles. The molecule has 0 fully saturated rings. The average molecular weight is 203 g/mol. The monoisotopic (exact) mass is 203 g/mol. The van der Waals surface area contributed by atoms with E-state index in [2.05, 4.69) is 19.2 Å². The maximum Gasteiger partial charge on any atom is 0.0780 e. The molecule has 86 valence electrons. The molecule has 0 aromatic carbocycles. The van der Waals surface area contributed by atoms with Gasteiger partial charge in [-0.05, 0) is 32.4 Å². The van der Waals surface area contributed by atoms with Crippen LogP contribution in [-0.4, -0.2) is 39.5 Å². The third-order valence-corrected chi connectivity index (χ3v) is 1.99. The molecule has 0 rings (SSSR count). The lowest BCUT2D eigenvalue weighted by atomic mass is 10.2. The molecule has 1 N–H and O–H groups in total. The van der Waals surface area contributed by atoms with Crippen LogP contribution in [0, 0.1) is 5.92 Å². The van der Waals surface area contributed by atoms with Gasteiger partial charge in [-0.15, -0.1) is 0 Å². The number of nitrogens with one attached hydrogen (secondary N) is 1. The van der Waals surface area contributed by atoms with Crippen molar-refractivity contribution in [2.24, 2.45) is 5.92 Å². The van der Waals surface area contributed by atoms with E-state index in [1.807, 2.05) is 6.92 Å². The normalized spacial score (nSPS) is 15.4. The van der Waals surface area contributed by atoms with Crippen LogP contribution >= 0.6 is 0 Å². The van der Waals surface area contributed by atoms with Gasteiger partial charge in [-0.1, -0.05) is 13.8 Å². The minimum absolute atomic E-state index is 0.202. The first-order chi connectivity index (χ1) is 6.70. The molecular formula is C11H25NO2. The summed E-state index contributed by atoms with van der Waals surface area (Å²) in [7, 11) is 1.70. The van der Waals surface area contributed by atoms with Gasteiger partial charge in [0.25, 0.3) is 0 Å². The Hall–Kier alpha value is -0.120. The van der Waals surface area contributed by atoms with Gasteiger partial charge in [0.15, 0.2) is 0 Å². The van der Waals surface area contributed by atoms with Crippen molar-refractivity contribution in [3.63, 3.8) is 0 Å². The minimum atomic E-state index is 0.202. The first kappa shape index (κ1) is 13.9. The van der Waals surface area contributed by atoms with Gasteiger partial charge in [0.2, 0.25) is 0 Å². The lowest BCUT2D eigenvalue weighted by Gasteiger charge is -2.16. The number of hydrogen-bond acceptors (Lipinski definition) is 3. The Balaban J connectivity index is 3.29. The summed E-state index contributed by atoms with van der Waals surface area (Å²) in [4.78, 5) is 0. The molecule has 14 heavy (non-hydrogen) atoms. The summed E-state index contributed by atoms with van der Waals surface area (Å²) in [6.07, 6.45) is 1.39. The maximum absolute atomic E-state index is 5.61. The fourth-order valence-corrected chi connectivity index (χ4v) is 1.20. The van der Waals surface area contributed by atoms with Crippen molar-refractivity contribution in [2.45, 2.75) is 33.3 Å². The fraction of sp³-hybridized carbons (Fsp3) is 1.00. The second kappa shape index (κ2) is 9.44. The Morgan fingerprint density at radius 2 is 1.93 bits per heavy atom. The summed E-state index contributed by atoms with van der Waals surface area (Å²) in [6, 6.07) is 0. The highest BCUT2D eigenvalue weighted by atomic mass is 16.5. The topological polar surface area (TPSA) is 30.5 Å². The van der Waals surface area contributed by atoms with Crippen LogP contribution in [0.15, 0.2) is 0 Å². The van der Waals surface area contributed by atoms with Gasteiger partial charge in [0.1, 0.15) is 0 Å². The van der Waals surface area contributed by atoms with E-state index in [9.17, 15) is 0 Å². The van der Waals surface area contributed by atoms with Crippen molar-refractivity contribution in [1.82, 2.24) is 5.32 Å². The summed E-state index contributed by atoms with van der Waals surface area (Å²) in [6.45, 7) is 10.0. The van der Waals surface area contributed by atoms with Crippen LogP contribution < -0.4 is 5.32 Å². The highest BCUT2D eigenvalue weighted by Crippen LogP contribution is 1.98. The van der Waals surface area contributed by atoms with Crippen molar-refractivity contribution in [2.75, 3.05) is 33.4 Å². The zero-order valence-electron chi connectivity index (χ0n) is 10.0. The second-order valence-corrected chi connectivity index (χ2v) is 3.91. The predicted molar refractivity (Wildman–Crippen MR) is 59.6 cm³/mol. The molecule has 2 unspecified atom stereocenters. The molecule has 0 aliphatic rings. The summed E-state index contributed by atoms with van der Waals surface area (Å²) in [5, 5.41) is 3.38. The number of methoxy groups -OCH3 is 1. The maximum atomic E-state index is 5.61. The first-order valence-corrected chi connectivity index (χ1v) is 5.51. The largest absolute Gasteiger partial charge is 0.382 e. The molecule has 0 saturated carbocycles. The van der Waals surface area contributed by atoms with Crippen molar-refractivity contribution in [1.29, 1.82) is 0 Å². The zero-order chi connectivity index (χ0) is 10.8. The molecule has 0 saturated heterocycles. The summed E-state index contributed by atoms with van der Waals surface area (Å²) < 4.78 is 10.6. The van der Waals surface area contributed by atoms with Crippen LogP contribution in [0.2, 0.25) is 0 Å². The standard InChI is InChI=1S/C11H25NO2/c1-5-6-12-7-10(2)8-14-11(3)9-13-4/h10-12H,5-9H2,1-4H3. The van der Waals surface area contributed by atoms with Crippen LogP contribution in [0.1, 0.15) is 27.2 Å². The lowest BCUT2D eigenvalue weighted by Crippen LogP contribution is -2.27. The molecule has 3 nitrogen and oxygen atoms in total. The lowest BCUT2D eigenvalue weighted by molar-refractivity contribution is -0.00413. The van der Waals surface area contributed by atoms with E-state index in [0.29, 0.717) is 12.5 Å². The van der Waals surface area contributed by atoms with Crippen LogP contribution in [-0.2, 0) is 9.47 Å². The van der Waals surface area contributed by atoms with E-state index in [0.717, 1.165) is 19.7 Å². The van der Waals surface area contributed by atoms with Crippen molar-refractivity contribution < 1.29 is 9.47 Å². The van der Waals surface area contributed by atoms with Crippen molar-refractivity contribution in [3.05, 3.63) is 0 Å². The van der Waals surface area contributed by atoms with Crippen LogP contribution in [0.3, 0.4) is 0 Å². The van der Waals surface area contributed by atoms with Crippen molar-refractivity contribution >= 4 is 0 Å². The van der Waals surface area contributed by atoms with E-state index in [1.165, 1.54) is 6.42 Å². The van der Waals surface area contributed by atoms with E-state index in [4.69, 9.17) is 9.47 Å². The third-order valence-electron chi connectivity index (χ3n) is 1.99. The second-order valence-electron chi connectivity index (χ2n) is 3.91. The summed E-state index contributed by atoms with van der Waals surface area (Å²) >= 11 is 0. The smallest absolute Gasteiger partial charge is 0.0780 e. The van der Waals surface area contributed by atoms with Gasteiger partial charge < -0.3 is 14.8 Å². The van der Waals surface area contributed by atoms with Crippen LogP contribution in [0.25, 0.3) is 0 Å². The van der Waals surface area contributed by atoms with Gasteiger partial charge in [-0.25, -0.2) is 0 Å². The Labute approximate surface area is 88.2 Å². The Kier molecular flexibility index (Phi) is 9.35. The number of ether oxygens (including phenoxy) is 2.